The number of fused-ring (bicyclic) bond motifs is 2. The zero-order valence-electron chi connectivity index (χ0n) is 20.9. The average molecular weight is 523 g/mol. The SMILES string of the molecule is Cc1ccc2nnc(C(F)(F)c3c(C)cc4ncc(-c5cnn(CCN6CCOCC6)c5)cc4c3F)n2n1. The summed E-state index contributed by atoms with van der Waals surface area (Å²) < 4.78 is 55.7. The molecule has 1 saturated heterocycles. The van der Waals surface area contributed by atoms with E-state index in [-0.39, 0.29) is 22.1 Å². The fourth-order valence-corrected chi connectivity index (χ4v) is 4.79. The van der Waals surface area contributed by atoms with Gasteiger partial charge in [0, 0.05) is 48.5 Å². The van der Waals surface area contributed by atoms with Crippen LogP contribution in [0.4, 0.5) is 13.2 Å². The first-order valence-electron chi connectivity index (χ1n) is 12.3. The highest BCUT2D eigenvalue weighted by atomic mass is 19.3. The summed E-state index contributed by atoms with van der Waals surface area (Å²) >= 11 is 0. The third kappa shape index (κ3) is 4.29. The molecule has 4 aromatic heterocycles. The number of halogens is 3. The molecular weight excluding hydrogens is 497 g/mol. The molecule has 0 radical (unpaired) electrons. The van der Waals surface area contributed by atoms with E-state index in [0.29, 0.717) is 17.8 Å². The van der Waals surface area contributed by atoms with E-state index in [2.05, 4.69) is 30.3 Å². The third-order valence-corrected chi connectivity index (χ3v) is 6.83. The second kappa shape index (κ2) is 9.44. The van der Waals surface area contributed by atoms with Crippen molar-refractivity contribution in [3.05, 3.63) is 71.3 Å². The summed E-state index contributed by atoms with van der Waals surface area (Å²) in [7, 11) is 0. The quantitative estimate of drug-likeness (QED) is 0.336. The molecule has 0 amide bonds. The lowest BCUT2D eigenvalue weighted by atomic mass is 9.97. The van der Waals surface area contributed by atoms with Gasteiger partial charge in [0.2, 0.25) is 5.82 Å². The lowest BCUT2D eigenvalue weighted by Crippen LogP contribution is -2.38. The number of hydrogen-bond acceptors (Lipinski definition) is 7. The summed E-state index contributed by atoms with van der Waals surface area (Å²) in [6.07, 6.45) is 5.11. The van der Waals surface area contributed by atoms with Gasteiger partial charge in [-0.05, 0) is 43.7 Å². The van der Waals surface area contributed by atoms with Crippen molar-refractivity contribution in [3.63, 3.8) is 0 Å². The molecule has 1 fully saturated rings. The third-order valence-electron chi connectivity index (χ3n) is 6.83. The maximum Gasteiger partial charge on any atom is 0.336 e. The number of ether oxygens (including phenoxy) is 1. The Labute approximate surface area is 215 Å². The van der Waals surface area contributed by atoms with Gasteiger partial charge in [-0.3, -0.25) is 14.6 Å². The van der Waals surface area contributed by atoms with Crippen LogP contribution in [-0.4, -0.2) is 72.3 Å². The molecule has 38 heavy (non-hydrogen) atoms. The first-order valence-corrected chi connectivity index (χ1v) is 12.3. The highest BCUT2D eigenvalue weighted by Crippen LogP contribution is 2.40. The smallest absolute Gasteiger partial charge is 0.336 e. The lowest BCUT2D eigenvalue weighted by Gasteiger charge is -2.26. The van der Waals surface area contributed by atoms with E-state index in [1.165, 1.54) is 25.1 Å². The van der Waals surface area contributed by atoms with Crippen LogP contribution in [0.5, 0.6) is 0 Å². The first-order chi connectivity index (χ1) is 18.3. The summed E-state index contributed by atoms with van der Waals surface area (Å²) in [6, 6.07) is 6.17. The van der Waals surface area contributed by atoms with Gasteiger partial charge in [-0.25, -0.2) is 4.39 Å². The number of benzene rings is 1. The van der Waals surface area contributed by atoms with E-state index in [1.807, 2.05) is 10.9 Å². The molecule has 5 heterocycles. The number of morpholine rings is 1. The molecule has 6 rings (SSSR count). The van der Waals surface area contributed by atoms with Crippen LogP contribution < -0.4 is 0 Å². The molecule has 196 valence electrons. The molecule has 12 heteroatoms. The Balaban J connectivity index is 1.35. The lowest BCUT2D eigenvalue weighted by molar-refractivity contribution is 0.0264. The van der Waals surface area contributed by atoms with Gasteiger partial charge in [0.15, 0.2) is 5.65 Å². The number of rotatable bonds is 6. The van der Waals surface area contributed by atoms with Crippen LogP contribution in [0.1, 0.15) is 22.6 Å². The molecule has 5 aromatic rings. The van der Waals surface area contributed by atoms with Crippen molar-refractivity contribution in [2.75, 3.05) is 32.8 Å². The predicted octanol–water partition coefficient (Wildman–Crippen LogP) is 3.76. The van der Waals surface area contributed by atoms with Gasteiger partial charge in [0.25, 0.3) is 0 Å². The Kier molecular flexibility index (Phi) is 6.07. The Morgan fingerprint density at radius 2 is 1.82 bits per heavy atom. The topological polar surface area (TPSA) is 86.3 Å². The van der Waals surface area contributed by atoms with Crippen molar-refractivity contribution in [1.29, 1.82) is 0 Å². The van der Waals surface area contributed by atoms with Gasteiger partial charge in [0.05, 0.1) is 42.7 Å². The largest absolute Gasteiger partial charge is 0.379 e. The molecule has 0 spiro atoms. The Morgan fingerprint density at radius 1 is 1.00 bits per heavy atom. The molecular formula is C26H25F3N8O. The summed E-state index contributed by atoms with van der Waals surface area (Å²) in [5.41, 5.74) is 1.52. The van der Waals surface area contributed by atoms with Crippen LogP contribution in [0.2, 0.25) is 0 Å². The fraction of sp³-hybridized carbons (Fsp3) is 0.346. The molecule has 9 nitrogen and oxygen atoms in total. The number of aryl methyl sites for hydroxylation is 2. The van der Waals surface area contributed by atoms with Gasteiger partial charge in [-0.15, -0.1) is 10.2 Å². The maximum absolute atomic E-state index is 15.9. The Bertz CT molecular complexity index is 1640. The monoisotopic (exact) mass is 522 g/mol. The van der Waals surface area contributed by atoms with Gasteiger partial charge >= 0.3 is 5.92 Å². The summed E-state index contributed by atoms with van der Waals surface area (Å²) in [6.45, 7) is 7.83. The van der Waals surface area contributed by atoms with Gasteiger partial charge in [-0.2, -0.15) is 23.5 Å². The minimum Gasteiger partial charge on any atom is -0.379 e. The van der Waals surface area contributed by atoms with Gasteiger partial charge < -0.3 is 4.74 Å². The molecule has 0 atom stereocenters. The second-order valence-corrected chi connectivity index (χ2v) is 9.46. The van der Waals surface area contributed by atoms with Crippen molar-refractivity contribution in [1.82, 2.24) is 39.5 Å². The molecule has 1 aliphatic heterocycles. The van der Waals surface area contributed by atoms with Crippen LogP contribution in [0.25, 0.3) is 27.7 Å². The van der Waals surface area contributed by atoms with E-state index >= 15 is 13.2 Å². The normalized spacial score (nSPS) is 15.1. The van der Waals surface area contributed by atoms with Gasteiger partial charge in [0.1, 0.15) is 5.82 Å². The van der Waals surface area contributed by atoms with Crippen LogP contribution in [-0.2, 0) is 17.2 Å². The van der Waals surface area contributed by atoms with Crippen LogP contribution >= 0.6 is 0 Å². The summed E-state index contributed by atoms with van der Waals surface area (Å²) in [5.74, 6) is -5.59. The maximum atomic E-state index is 15.9. The highest BCUT2D eigenvalue weighted by molar-refractivity contribution is 5.85. The first kappa shape index (κ1) is 24.4. The molecule has 0 unspecified atom stereocenters. The zero-order valence-corrected chi connectivity index (χ0v) is 20.9. The summed E-state index contributed by atoms with van der Waals surface area (Å²) in [5, 5.41) is 16.0. The second-order valence-electron chi connectivity index (χ2n) is 9.46. The predicted molar refractivity (Wildman–Crippen MR) is 133 cm³/mol. The molecule has 1 aliphatic rings. The summed E-state index contributed by atoms with van der Waals surface area (Å²) in [4.78, 5) is 6.67. The minimum absolute atomic E-state index is 0.0122. The van der Waals surface area contributed by atoms with E-state index in [1.54, 1.807) is 25.4 Å². The van der Waals surface area contributed by atoms with E-state index in [9.17, 15) is 0 Å². The van der Waals surface area contributed by atoms with Crippen LogP contribution in [0, 0.1) is 19.7 Å². The average Bonchev–Trinajstić information content (AvgIpc) is 3.55. The van der Waals surface area contributed by atoms with E-state index < -0.39 is 23.1 Å². The standard InChI is InChI=1S/C26H25F3N8O/c1-16-11-21-20(24(27)23(16)26(28,29)25-33-32-22-4-3-17(2)34-37(22)25)12-18(13-30-21)19-14-31-36(15-19)6-5-35-7-9-38-10-8-35/h3-4,11-15H,5-10H2,1-2H3. The van der Waals surface area contributed by atoms with E-state index in [0.717, 1.165) is 42.9 Å². The Morgan fingerprint density at radius 3 is 2.63 bits per heavy atom. The van der Waals surface area contributed by atoms with Crippen molar-refractivity contribution < 1.29 is 17.9 Å². The fourth-order valence-electron chi connectivity index (χ4n) is 4.79. The Hall–Kier alpha value is -3.90. The number of aromatic nitrogens is 7. The number of alkyl halides is 2. The molecule has 0 saturated carbocycles. The van der Waals surface area contributed by atoms with Crippen LogP contribution in [0.15, 0.2) is 42.9 Å². The minimum atomic E-state index is -3.79. The highest BCUT2D eigenvalue weighted by Gasteiger charge is 2.44. The van der Waals surface area contributed by atoms with Crippen molar-refractivity contribution in [2.24, 2.45) is 0 Å². The van der Waals surface area contributed by atoms with Crippen molar-refractivity contribution in [3.8, 4) is 11.1 Å². The molecule has 0 N–H and O–H groups in total. The van der Waals surface area contributed by atoms with E-state index in [4.69, 9.17) is 4.74 Å². The van der Waals surface area contributed by atoms with Gasteiger partial charge in [-0.1, -0.05) is 0 Å². The molecule has 0 aliphatic carbocycles. The molecule has 0 bridgehead atoms. The van der Waals surface area contributed by atoms with Crippen molar-refractivity contribution >= 4 is 16.6 Å². The number of nitrogens with zero attached hydrogens (tertiary/aromatic N) is 8. The van der Waals surface area contributed by atoms with Crippen molar-refractivity contribution in [2.45, 2.75) is 26.3 Å². The number of pyridine rings is 1. The zero-order chi connectivity index (χ0) is 26.4. The molecule has 1 aromatic carbocycles. The number of hydrogen-bond donors (Lipinski definition) is 0. The van der Waals surface area contributed by atoms with Crippen LogP contribution in [0.3, 0.4) is 0 Å².